The molecule has 0 amide bonds. The lowest BCUT2D eigenvalue weighted by atomic mass is 10.0. The Balaban J connectivity index is 0.00000242. The van der Waals surface area contributed by atoms with Crippen molar-refractivity contribution < 1.29 is 9.47 Å². The van der Waals surface area contributed by atoms with Crippen LogP contribution in [-0.2, 0) is 6.42 Å². The minimum atomic E-state index is -0.121. The lowest BCUT2D eigenvalue weighted by Crippen LogP contribution is -2.22. The first-order valence-electron chi connectivity index (χ1n) is 6.27. The lowest BCUT2D eigenvalue weighted by Gasteiger charge is -2.15. The molecule has 0 unspecified atom stereocenters. The monoisotopic (exact) mass is 362 g/mol. The highest BCUT2D eigenvalue weighted by atomic mass is 35.5. The van der Waals surface area contributed by atoms with E-state index in [2.05, 4.69) is 10.2 Å². The van der Waals surface area contributed by atoms with Crippen molar-refractivity contribution in [3.63, 3.8) is 0 Å². The molecule has 0 saturated heterocycles. The molecule has 1 aromatic rings. The van der Waals surface area contributed by atoms with Crippen LogP contribution in [0, 0.1) is 5.41 Å². The standard InChI is InChI=1S/C13H18N6O2.2ClH/c1-20-9-5-7(12(14)15)6-3-4-8(18-19-13(16)17)10(6)11(9)21-2;;/h5H,3-4H2,1-2H3,(H3,14,15)(H4,16,17,19);2*1H. The SMILES string of the molecule is COc1cc(C(=N)N)c2c(c1OC)C(=NN=C(N)N)CC2.Cl.Cl. The first kappa shape index (κ1) is 20.8. The van der Waals surface area contributed by atoms with Gasteiger partial charge in [0.25, 0.3) is 0 Å². The molecule has 7 N–H and O–H groups in total. The van der Waals surface area contributed by atoms with Crippen molar-refractivity contribution >= 4 is 42.3 Å². The second kappa shape index (κ2) is 8.44. The van der Waals surface area contributed by atoms with Crippen LogP contribution in [-0.4, -0.2) is 31.7 Å². The van der Waals surface area contributed by atoms with E-state index in [0.29, 0.717) is 35.6 Å². The molecular formula is C13H20Cl2N6O2. The average Bonchev–Trinajstić information content (AvgIpc) is 2.86. The predicted molar refractivity (Wildman–Crippen MR) is 95.7 cm³/mol. The number of hydrogen-bond acceptors (Lipinski definition) is 5. The summed E-state index contributed by atoms with van der Waals surface area (Å²) in [5.74, 6) is 0.875. The molecule has 10 heteroatoms. The summed E-state index contributed by atoms with van der Waals surface area (Å²) in [6.45, 7) is 0. The third kappa shape index (κ3) is 3.96. The second-order valence-corrected chi connectivity index (χ2v) is 4.50. The van der Waals surface area contributed by atoms with Crippen molar-refractivity contribution in [2.24, 2.45) is 27.4 Å². The molecule has 1 aliphatic carbocycles. The van der Waals surface area contributed by atoms with Crippen LogP contribution < -0.4 is 26.7 Å². The Morgan fingerprint density at radius 3 is 2.26 bits per heavy atom. The number of guanidine groups is 1. The van der Waals surface area contributed by atoms with E-state index in [0.717, 1.165) is 11.1 Å². The summed E-state index contributed by atoms with van der Waals surface area (Å²) in [7, 11) is 3.07. The van der Waals surface area contributed by atoms with E-state index in [9.17, 15) is 0 Å². The van der Waals surface area contributed by atoms with Crippen molar-refractivity contribution in [3.8, 4) is 11.5 Å². The molecule has 0 bridgehead atoms. The highest BCUT2D eigenvalue weighted by Crippen LogP contribution is 2.40. The molecule has 23 heavy (non-hydrogen) atoms. The number of halogens is 2. The minimum absolute atomic E-state index is 0. The summed E-state index contributed by atoms with van der Waals surface area (Å²) in [6, 6.07) is 1.70. The Morgan fingerprint density at radius 2 is 1.78 bits per heavy atom. The topological polar surface area (TPSA) is 145 Å². The van der Waals surface area contributed by atoms with Gasteiger partial charge in [0.15, 0.2) is 11.5 Å². The van der Waals surface area contributed by atoms with Gasteiger partial charge in [-0.15, -0.1) is 29.9 Å². The van der Waals surface area contributed by atoms with E-state index < -0.39 is 0 Å². The first-order valence-corrected chi connectivity index (χ1v) is 6.27. The van der Waals surface area contributed by atoms with Gasteiger partial charge in [-0.2, -0.15) is 5.10 Å². The zero-order chi connectivity index (χ0) is 15.6. The fourth-order valence-electron chi connectivity index (χ4n) is 2.42. The Labute approximate surface area is 146 Å². The molecule has 1 aliphatic rings. The number of methoxy groups -OCH3 is 2. The van der Waals surface area contributed by atoms with Gasteiger partial charge in [0.2, 0.25) is 5.96 Å². The highest BCUT2D eigenvalue weighted by molar-refractivity contribution is 6.11. The van der Waals surface area contributed by atoms with Crippen LogP contribution in [0.25, 0.3) is 0 Å². The van der Waals surface area contributed by atoms with E-state index in [1.54, 1.807) is 13.2 Å². The van der Waals surface area contributed by atoms with E-state index >= 15 is 0 Å². The third-order valence-electron chi connectivity index (χ3n) is 3.25. The quantitative estimate of drug-likeness (QED) is 0.354. The number of benzene rings is 1. The van der Waals surface area contributed by atoms with Crippen LogP contribution in [0.3, 0.4) is 0 Å². The zero-order valence-corrected chi connectivity index (χ0v) is 14.4. The Bertz CT molecular complexity index is 656. The summed E-state index contributed by atoms with van der Waals surface area (Å²) < 4.78 is 10.7. The Morgan fingerprint density at radius 1 is 1.13 bits per heavy atom. The predicted octanol–water partition coefficient (Wildman–Crippen LogP) is 0.755. The van der Waals surface area contributed by atoms with Gasteiger partial charge in [-0.25, -0.2) is 0 Å². The molecule has 1 aromatic carbocycles. The molecular weight excluding hydrogens is 343 g/mol. The van der Waals surface area contributed by atoms with E-state index in [1.807, 2.05) is 0 Å². The number of rotatable bonds is 4. The normalized spacial score (nSPS) is 13.4. The van der Waals surface area contributed by atoms with Crippen molar-refractivity contribution in [1.29, 1.82) is 5.41 Å². The number of fused-ring (bicyclic) bond motifs is 1. The minimum Gasteiger partial charge on any atom is -0.493 e. The third-order valence-corrected chi connectivity index (χ3v) is 3.25. The summed E-state index contributed by atoms with van der Waals surface area (Å²) in [6.07, 6.45) is 1.32. The number of nitrogen functional groups attached to an aromatic ring is 1. The molecule has 128 valence electrons. The van der Waals surface area contributed by atoms with Crippen LogP contribution in [0.4, 0.5) is 0 Å². The molecule has 0 saturated carbocycles. The Kier molecular flexibility index (Phi) is 7.64. The van der Waals surface area contributed by atoms with Crippen LogP contribution in [0.5, 0.6) is 11.5 Å². The van der Waals surface area contributed by atoms with Crippen LogP contribution in [0.1, 0.15) is 23.1 Å². The number of nitrogens with two attached hydrogens (primary N) is 3. The van der Waals surface area contributed by atoms with E-state index in [4.69, 9.17) is 32.1 Å². The Hall–Kier alpha value is -2.19. The molecule has 2 rings (SSSR count). The summed E-state index contributed by atoms with van der Waals surface area (Å²) in [4.78, 5) is 0. The fraction of sp³-hybridized carbons (Fsp3) is 0.308. The molecule has 0 aromatic heterocycles. The smallest absolute Gasteiger partial charge is 0.211 e. The maximum Gasteiger partial charge on any atom is 0.211 e. The van der Waals surface area contributed by atoms with Gasteiger partial charge in [0.1, 0.15) is 5.84 Å². The van der Waals surface area contributed by atoms with Crippen molar-refractivity contribution in [2.45, 2.75) is 12.8 Å². The maximum atomic E-state index is 7.71. The van der Waals surface area contributed by atoms with Crippen LogP contribution >= 0.6 is 24.8 Å². The molecule has 0 spiro atoms. The largest absolute Gasteiger partial charge is 0.493 e. The van der Waals surface area contributed by atoms with E-state index in [-0.39, 0.29) is 36.6 Å². The van der Waals surface area contributed by atoms with Gasteiger partial charge in [0, 0.05) is 11.1 Å². The van der Waals surface area contributed by atoms with E-state index in [1.165, 1.54) is 7.11 Å². The fourth-order valence-corrected chi connectivity index (χ4v) is 2.42. The zero-order valence-electron chi connectivity index (χ0n) is 12.8. The molecule has 0 radical (unpaired) electrons. The summed E-state index contributed by atoms with van der Waals surface area (Å²) >= 11 is 0. The first-order chi connectivity index (χ1) is 9.99. The highest BCUT2D eigenvalue weighted by Gasteiger charge is 2.29. The van der Waals surface area contributed by atoms with Gasteiger partial charge in [-0.3, -0.25) is 5.41 Å². The van der Waals surface area contributed by atoms with Crippen LogP contribution in [0.15, 0.2) is 16.3 Å². The average molecular weight is 363 g/mol. The van der Waals surface area contributed by atoms with Gasteiger partial charge in [0.05, 0.1) is 19.9 Å². The van der Waals surface area contributed by atoms with Gasteiger partial charge in [-0.05, 0) is 24.5 Å². The lowest BCUT2D eigenvalue weighted by molar-refractivity contribution is 0.354. The number of nitrogens with one attached hydrogen (secondary N) is 1. The van der Waals surface area contributed by atoms with Crippen LogP contribution in [0.2, 0.25) is 0 Å². The molecule has 0 aliphatic heterocycles. The summed E-state index contributed by atoms with van der Waals surface area (Å²) in [5.41, 5.74) is 19.2. The van der Waals surface area contributed by atoms with Crippen molar-refractivity contribution in [3.05, 3.63) is 22.8 Å². The number of hydrogen-bond donors (Lipinski definition) is 4. The molecule has 0 atom stereocenters. The van der Waals surface area contributed by atoms with Gasteiger partial charge in [-0.1, -0.05) is 0 Å². The maximum absolute atomic E-state index is 7.71. The molecule has 8 nitrogen and oxygen atoms in total. The van der Waals surface area contributed by atoms with Crippen molar-refractivity contribution in [2.75, 3.05) is 14.2 Å². The number of amidine groups is 1. The molecule has 0 heterocycles. The second-order valence-electron chi connectivity index (χ2n) is 4.50. The van der Waals surface area contributed by atoms with Gasteiger partial charge >= 0.3 is 0 Å². The van der Waals surface area contributed by atoms with Gasteiger partial charge < -0.3 is 26.7 Å². The molecule has 0 fully saturated rings. The summed E-state index contributed by atoms with van der Waals surface area (Å²) in [5, 5.41) is 15.5. The number of nitrogens with zero attached hydrogens (tertiary/aromatic N) is 2. The number of ether oxygens (including phenoxy) is 2. The van der Waals surface area contributed by atoms with Crippen molar-refractivity contribution in [1.82, 2.24) is 0 Å².